The largest absolute Gasteiger partial charge is 0.394 e. The fraction of sp³-hybridized carbons (Fsp3) is 0.444. The topological polar surface area (TPSA) is 29.1 Å². The summed E-state index contributed by atoms with van der Waals surface area (Å²) in [7, 11) is 1.90. The van der Waals surface area contributed by atoms with Gasteiger partial charge in [0.05, 0.1) is 0 Å². The van der Waals surface area contributed by atoms with Gasteiger partial charge in [0.25, 0.3) is 0 Å². The molecule has 0 aromatic heterocycles. The Hall–Kier alpha value is -0.760. The predicted molar refractivity (Wildman–Crippen MR) is 54.2 cm³/mol. The van der Waals surface area contributed by atoms with Gasteiger partial charge in [0.15, 0.2) is 0 Å². The number of halogens is 1. The van der Waals surface area contributed by atoms with Crippen molar-refractivity contribution < 1.29 is 4.79 Å². The van der Waals surface area contributed by atoms with Gasteiger partial charge in [0.1, 0.15) is 0 Å². The molecule has 0 fully saturated rings. The van der Waals surface area contributed by atoms with Crippen LogP contribution in [0.1, 0.15) is 20.3 Å². The SMILES string of the molecule is C/C=C/C(=O)Cl.CC/C=C/NC. The van der Waals surface area contributed by atoms with Crippen molar-refractivity contribution in [2.24, 2.45) is 0 Å². The van der Waals surface area contributed by atoms with Gasteiger partial charge in [-0.3, -0.25) is 4.79 Å². The van der Waals surface area contributed by atoms with Crippen LogP contribution in [0.25, 0.3) is 0 Å². The molecule has 0 aromatic carbocycles. The molecule has 0 aromatic rings. The second-order valence-corrected chi connectivity index (χ2v) is 2.28. The first-order valence-corrected chi connectivity index (χ1v) is 4.21. The van der Waals surface area contributed by atoms with Gasteiger partial charge < -0.3 is 5.32 Å². The Balaban J connectivity index is 0. The third-order valence-corrected chi connectivity index (χ3v) is 0.944. The summed E-state index contributed by atoms with van der Waals surface area (Å²) in [5, 5.41) is 2.47. The van der Waals surface area contributed by atoms with Gasteiger partial charge in [-0.25, -0.2) is 0 Å². The average Bonchev–Trinajstić information content (AvgIpc) is 2.02. The molecule has 0 bridgehead atoms. The third kappa shape index (κ3) is 22.8. The summed E-state index contributed by atoms with van der Waals surface area (Å²) < 4.78 is 0. The lowest BCUT2D eigenvalue weighted by molar-refractivity contribution is -0.107. The van der Waals surface area contributed by atoms with E-state index in [1.165, 1.54) is 6.08 Å². The summed E-state index contributed by atoms with van der Waals surface area (Å²) in [4.78, 5) is 9.72. The van der Waals surface area contributed by atoms with E-state index in [-0.39, 0.29) is 0 Å². The number of nitrogens with one attached hydrogen (secondary N) is 1. The molecule has 0 aliphatic heterocycles. The number of hydrogen-bond donors (Lipinski definition) is 1. The molecular weight excluding hydrogens is 174 g/mol. The quantitative estimate of drug-likeness (QED) is 0.546. The molecule has 0 saturated heterocycles. The van der Waals surface area contributed by atoms with Crippen molar-refractivity contribution in [3.05, 3.63) is 24.4 Å². The molecule has 0 amide bonds. The van der Waals surface area contributed by atoms with Crippen LogP contribution in [0.2, 0.25) is 0 Å². The van der Waals surface area contributed by atoms with Gasteiger partial charge in [0.2, 0.25) is 5.24 Å². The maximum Gasteiger partial charge on any atom is 0.244 e. The predicted octanol–water partition coefficient (Wildman–Crippen LogP) is 2.46. The van der Waals surface area contributed by atoms with Gasteiger partial charge in [-0.15, -0.1) is 0 Å². The lowest BCUT2D eigenvalue weighted by atomic mass is 10.5. The molecular formula is C9H16ClNO. The van der Waals surface area contributed by atoms with Crippen molar-refractivity contribution in [1.29, 1.82) is 0 Å². The summed E-state index contributed by atoms with van der Waals surface area (Å²) in [5.41, 5.74) is 0. The molecule has 70 valence electrons. The molecule has 0 rings (SSSR count). The summed E-state index contributed by atoms with van der Waals surface area (Å²) >= 11 is 4.85. The van der Waals surface area contributed by atoms with Crippen LogP contribution in [0.15, 0.2) is 24.4 Å². The van der Waals surface area contributed by atoms with E-state index in [0.717, 1.165) is 6.42 Å². The van der Waals surface area contributed by atoms with Crippen LogP contribution in [0, 0.1) is 0 Å². The minimum atomic E-state index is -0.419. The maximum absolute atomic E-state index is 9.72. The first-order chi connectivity index (χ1) is 5.68. The average molecular weight is 190 g/mol. The van der Waals surface area contributed by atoms with Crippen molar-refractivity contribution in [3.8, 4) is 0 Å². The maximum atomic E-state index is 9.72. The minimum absolute atomic E-state index is 0.419. The van der Waals surface area contributed by atoms with Gasteiger partial charge >= 0.3 is 0 Å². The number of carbonyl (C=O) groups is 1. The van der Waals surface area contributed by atoms with Crippen molar-refractivity contribution in [2.45, 2.75) is 20.3 Å². The van der Waals surface area contributed by atoms with Crippen LogP contribution in [0.3, 0.4) is 0 Å². The highest BCUT2D eigenvalue weighted by Crippen LogP contribution is 1.78. The first-order valence-electron chi connectivity index (χ1n) is 3.83. The van der Waals surface area contributed by atoms with Crippen LogP contribution in [0.4, 0.5) is 0 Å². The molecule has 2 nitrogen and oxygen atoms in total. The second-order valence-electron chi connectivity index (χ2n) is 1.90. The van der Waals surface area contributed by atoms with Crippen LogP contribution in [-0.2, 0) is 4.79 Å². The van der Waals surface area contributed by atoms with Crippen molar-refractivity contribution in [3.63, 3.8) is 0 Å². The molecule has 0 aliphatic carbocycles. The Morgan fingerprint density at radius 2 is 2.17 bits per heavy atom. The van der Waals surface area contributed by atoms with E-state index in [9.17, 15) is 4.79 Å². The highest BCUT2D eigenvalue weighted by Gasteiger charge is 1.77. The standard InChI is InChI=1S/C5H11N.C4H5ClO/c1-3-4-5-6-2;1-2-3-4(5)6/h4-6H,3H2,1-2H3;2-3H,1H3/b5-4+;3-2+. The smallest absolute Gasteiger partial charge is 0.244 e. The Bertz CT molecular complexity index is 147. The van der Waals surface area contributed by atoms with Crippen LogP contribution >= 0.6 is 11.6 Å². The van der Waals surface area contributed by atoms with E-state index in [4.69, 9.17) is 11.6 Å². The molecule has 1 N–H and O–H groups in total. The monoisotopic (exact) mass is 189 g/mol. The van der Waals surface area contributed by atoms with Crippen molar-refractivity contribution in [1.82, 2.24) is 5.32 Å². The van der Waals surface area contributed by atoms with E-state index in [0.29, 0.717) is 0 Å². The zero-order valence-corrected chi connectivity index (χ0v) is 8.56. The molecule has 3 heteroatoms. The second kappa shape index (κ2) is 12.9. The summed E-state index contributed by atoms with van der Waals surface area (Å²) in [5.74, 6) is 0. The first kappa shape index (κ1) is 13.8. The van der Waals surface area contributed by atoms with E-state index < -0.39 is 5.24 Å². The Morgan fingerprint density at radius 1 is 1.58 bits per heavy atom. The zero-order chi connectivity index (χ0) is 9.82. The number of allylic oxidation sites excluding steroid dienone is 3. The van der Waals surface area contributed by atoms with E-state index in [1.54, 1.807) is 13.0 Å². The molecule has 0 unspecified atom stereocenters. The molecule has 0 spiro atoms. The highest BCUT2D eigenvalue weighted by atomic mass is 35.5. The van der Waals surface area contributed by atoms with E-state index in [1.807, 2.05) is 13.2 Å². The lowest BCUT2D eigenvalue weighted by Crippen LogP contribution is -1.89. The minimum Gasteiger partial charge on any atom is -0.394 e. The Kier molecular flexibility index (Phi) is 14.8. The van der Waals surface area contributed by atoms with E-state index in [2.05, 4.69) is 18.3 Å². The normalized spacial score (nSPS) is 9.67. The molecule has 0 atom stereocenters. The van der Waals surface area contributed by atoms with Crippen LogP contribution in [0.5, 0.6) is 0 Å². The number of carbonyl (C=O) groups excluding carboxylic acids is 1. The fourth-order valence-corrected chi connectivity index (χ4v) is 0.493. The number of hydrogen-bond acceptors (Lipinski definition) is 2. The molecule has 12 heavy (non-hydrogen) atoms. The highest BCUT2D eigenvalue weighted by molar-refractivity contribution is 6.66. The van der Waals surface area contributed by atoms with Gasteiger partial charge in [-0.05, 0) is 37.2 Å². The molecule has 0 aliphatic rings. The third-order valence-electron chi connectivity index (χ3n) is 0.818. The van der Waals surface area contributed by atoms with Crippen LogP contribution in [-0.4, -0.2) is 12.3 Å². The molecule has 0 saturated carbocycles. The van der Waals surface area contributed by atoms with Gasteiger partial charge in [-0.2, -0.15) is 0 Å². The summed E-state index contributed by atoms with van der Waals surface area (Å²) in [6, 6.07) is 0. The van der Waals surface area contributed by atoms with E-state index >= 15 is 0 Å². The zero-order valence-electron chi connectivity index (χ0n) is 7.80. The van der Waals surface area contributed by atoms with Gasteiger partial charge in [0, 0.05) is 7.05 Å². The lowest BCUT2D eigenvalue weighted by Gasteiger charge is -1.79. The summed E-state index contributed by atoms with van der Waals surface area (Å²) in [6.45, 7) is 3.84. The van der Waals surface area contributed by atoms with Crippen LogP contribution < -0.4 is 5.32 Å². The van der Waals surface area contributed by atoms with Crippen molar-refractivity contribution in [2.75, 3.05) is 7.05 Å². The molecule has 0 radical (unpaired) electrons. The number of rotatable bonds is 3. The van der Waals surface area contributed by atoms with Crippen molar-refractivity contribution >= 4 is 16.8 Å². The Labute approximate surface area is 79.3 Å². The Morgan fingerprint density at radius 3 is 2.25 bits per heavy atom. The van der Waals surface area contributed by atoms with Gasteiger partial charge in [-0.1, -0.05) is 19.1 Å². The fourth-order valence-electron chi connectivity index (χ4n) is 0.367. The summed E-state index contributed by atoms with van der Waals surface area (Å²) in [6.07, 6.45) is 8.00. The molecule has 0 heterocycles.